The van der Waals surface area contributed by atoms with E-state index >= 15 is 0 Å². The van der Waals surface area contributed by atoms with E-state index in [0.29, 0.717) is 0 Å². The van der Waals surface area contributed by atoms with Crippen LogP contribution in [0.1, 0.15) is 0 Å². The lowest BCUT2D eigenvalue weighted by Crippen LogP contribution is -2.29. The van der Waals surface area contributed by atoms with Crippen LogP contribution in [0.5, 0.6) is 17.2 Å². The quantitative estimate of drug-likeness (QED) is 0.694. The Labute approximate surface area is 96.2 Å². The van der Waals surface area contributed by atoms with Gasteiger partial charge in [-0.25, -0.2) is 0 Å². The minimum Gasteiger partial charge on any atom is -0.504 e. The van der Waals surface area contributed by atoms with Crippen molar-refractivity contribution in [1.29, 1.82) is 0 Å². The van der Waals surface area contributed by atoms with Gasteiger partial charge in [0.05, 0.1) is 0 Å². The zero-order chi connectivity index (χ0) is 12.0. The molecule has 0 spiro atoms. The van der Waals surface area contributed by atoms with Gasteiger partial charge in [-0.05, 0) is 24.3 Å². The van der Waals surface area contributed by atoms with Gasteiger partial charge in [-0.3, -0.25) is 4.79 Å². The maximum absolute atomic E-state index is 11.6. The normalized spacial score (nSPS) is 21.5. The Morgan fingerprint density at radius 2 is 2.06 bits per heavy atom. The molecule has 0 radical (unpaired) electrons. The van der Waals surface area contributed by atoms with E-state index < -0.39 is 11.9 Å². The summed E-state index contributed by atoms with van der Waals surface area (Å²) in [5, 5.41) is 18.9. The number of ether oxygens (including phenoxy) is 2. The number of ketones is 1. The Kier molecular flexibility index (Phi) is 1.96. The van der Waals surface area contributed by atoms with Crippen LogP contribution in [0, 0.1) is 0 Å². The summed E-state index contributed by atoms with van der Waals surface area (Å²) in [6.45, 7) is 0. The molecule has 2 aliphatic rings. The second kappa shape index (κ2) is 3.36. The van der Waals surface area contributed by atoms with Crippen LogP contribution < -0.4 is 9.47 Å². The molecular weight excluding hydrogens is 224 g/mol. The number of aromatic hydroxyl groups is 1. The van der Waals surface area contributed by atoms with Crippen LogP contribution in [0.2, 0.25) is 0 Å². The third kappa shape index (κ3) is 1.40. The van der Waals surface area contributed by atoms with Gasteiger partial charge in [0.2, 0.25) is 17.3 Å². The van der Waals surface area contributed by atoms with Crippen LogP contribution in [0.3, 0.4) is 0 Å². The average Bonchev–Trinajstić information content (AvgIpc) is 2.33. The largest absolute Gasteiger partial charge is 0.504 e. The highest BCUT2D eigenvalue weighted by atomic mass is 16.6. The van der Waals surface area contributed by atoms with E-state index in [1.54, 1.807) is 12.1 Å². The summed E-state index contributed by atoms with van der Waals surface area (Å²) in [4.78, 5) is 11.6. The Hall–Kier alpha value is -2.27. The first-order valence-corrected chi connectivity index (χ1v) is 4.99. The monoisotopic (exact) mass is 232 g/mol. The van der Waals surface area contributed by atoms with Crippen molar-refractivity contribution in [1.82, 2.24) is 0 Å². The second-order valence-corrected chi connectivity index (χ2v) is 3.67. The number of phenolic OH excluding ortho intramolecular Hbond substituents is 1. The van der Waals surface area contributed by atoms with Crippen molar-refractivity contribution < 1.29 is 24.5 Å². The topological polar surface area (TPSA) is 76.0 Å². The van der Waals surface area contributed by atoms with Crippen LogP contribution in [0.25, 0.3) is 0 Å². The van der Waals surface area contributed by atoms with E-state index in [4.69, 9.17) is 9.47 Å². The number of hydrogen-bond donors (Lipinski definition) is 2. The third-order valence-electron chi connectivity index (χ3n) is 2.53. The molecule has 0 saturated carbocycles. The first-order valence-electron chi connectivity index (χ1n) is 4.99. The first kappa shape index (κ1) is 9.92. The van der Waals surface area contributed by atoms with E-state index in [-0.39, 0.29) is 28.8 Å². The fraction of sp³-hybridized carbons (Fsp3) is 0.0833. The number of para-hydroxylation sites is 1. The van der Waals surface area contributed by atoms with Crippen molar-refractivity contribution in [2.24, 2.45) is 0 Å². The van der Waals surface area contributed by atoms with Gasteiger partial charge < -0.3 is 19.7 Å². The zero-order valence-electron chi connectivity index (χ0n) is 8.58. The molecule has 0 bridgehead atoms. The SMILES string of the molecule is O=C1C2=C(C=CC1O)Oc1c(O)cccc1O2. The van der Waals surface area contributed by atoms with Gasteiger partial charge in [0.1, 0.15) is 6.10 Å². The maximum Gasteiger partial charge on any atom is 0.234 e. The molecule has 1 aromatic carbocycles. The number of benzene rings is 1. The molecule has 3 rings (SSSR count). The van der Waals surface area contributed by atoms with Crippen molar-refractivity contribution >= 4 is 5.78 Å². The number of fused-ring (bicyclic) bond motifs is 1. The number of aliphatic hydroxyl groups is 1. The van der Waals surface area contributed by atoms with Crippen molar-refractivity contribution in [3.05, 3.63) is 41.9 Å². The number of carbonyl (C=O) groups is 1. The molecule has 1 unspecified atom stereocenters. The van der Waals surface area contributed by atoms with E-state index in [1.165, 1.54) is 18.2 Å². The Bertz CT molecular complexity index is 570. The molecule has 1 aromatic rings. The van der Waals surface area contributed by atoms with Gasteiger partial charge >= 0.3 is 0 Å². The fourth-order valence-corrected chi connectivity index (χ4v) is 1.69. The lowest BCUT2D eigenvalue weighted by molar-refractivity contribution is -0.124. The number of carbonyl (C=O) groups excluding carboxylic acids is 1. The fourth-order valence-electron chi connectivity index (χ4n) is 1.69. The predicted octanol–water partition coefficient (Wildman–Crippen LogP) is 0.875. The number of Topliss-reactive ketones (excluding diaryl/α,β-unsaturated/α-hetero) is 1. The third-order valence-corrected chi connectivity index (χ3v) is 2.53. The highest BCUT2D eigenvalue weighted by Gasteiger charge is 2.33. The molecule has 1 aliphatic heterocycles. The van der Waals surface area contributed by atoms with E-state index in [9.17, 15) is 15.0 Å². The molecule has 5 heteroatoms. The van der Waals surface area contributed by atoms with Crippen LogP contribution in [-0.2, 0) is 4.79 Å². The molecule has 17 heavy (non-hydrogen) atoms. The minimum atomic E-state index is -1.21. The Morgan fingerprint density at radius 3 is 2.88 bits per heavy atom. The summed E-state index contributed by atoms with van der Waals surface area (Å²) >= 11 is 0. The van der Waals surface area contributed by atoms with Gasteiger partial charge in [0, 0.05) is 0 Å². The van der Waals surface area contributed by atoms with E-state index in [2.05, 4.69) is 0 Å². The van der Waals surface area contributed by atoms with Gasteiger partial charge in [0.15, 0.2) is 17.3 Å². The molecule has 1 atom stereocenters. The zero-order valence-corrected chi connectivity index (χ0v) is 8.58. The second-order valence-electron chi connectivity index (χ2n) is 3.67. The molecule has 0 aromatic heterocycles. The number of aliphatic hydroxyl groups excluding tert-OH is 1. The van der Waals surface area contributed by atoms with Crippen LogP contribution in [0.4, 0.5) is 0 Å². The van der Waals surface area contributed by atoms with E-state index in [0.717, 1.165) is 0 Å². The number of rotatable bonds is 0. The summed E-state index contributed by atoms with van der Waals surface area (Å²) in [6, 6.07) is 4.59. The highest BCUT2D eigenvalue weighted by molar-refractivity contribution is 6.01. The van der Waals surface area contributed by atoms with Gasteiger partial charge in [-0.1, -0.05) is 6.07 Å². The van der Waals surface area contributed by atoms with Gasteiger partial charge in [-0.15, -0.1) is 0 Å². The van der Waals surface area contributed by atoms with E-state index in [1.807, 2.05) is 0 Å². The highest BCUT2D eigenvalue weighted by Crippen LogP contribution is 2.42. The molecule has 0 amide bonds. The van der Waals surface area contributed by atoms with Gasteiger partial charge in [-0.2, -0.15) is 0 Å². The minimum absolute atomic E-state index is 0.0434. The van der Waals surface area contributed by atoms with Crippen molar-refractivity contribution in [2.45, 2.75) is 6.10 Å². The molecule has 0 fully saturated rings. The molecule has 0 saturated heterocycles. The molecule has 1 heterocycles. The predicted molar refractivity (Wildman–Crippen MR) is 56.5 cm³/mol. The number of phenols is 1. The summed E-state index contributed by atoms with van der Waals surface area (Å²) in [7, 11) is 0. The number of allylic oxidation sites excluding steroid dienone is 1. The number of hydrogen-bond acceptors (Lipinski definition) is 5. The van der Waals surface area contributed by atoms with Crippen LogP contribution in [0.15, 0.2) is 41.9 Å². The summed E-state index contributed by atoms with van der Waals surface area (Å²) in [5.74, 6) is -0.0652. The smallest absolute Gasteiger partial charge is 0.234 e. The lowest BCUT2D eigenvalue weighted by Gasteiger charge is -2.24. The van der Waals surface area contributed by atoms with Crippen molar-refractivity contribution in [3.63, 3.8) is 0 Å². The summed E-state index contributed by atoms with van der Waals surface area (Å²) in [6.07, 6.45) is 1.53. The Morgan fingerprint density at radius 1 is 1.24 bits per heavy atom. The summed E-state index contributed by atoms with van der Waals surface area (Å²) < 4.78 is 10.7. The van der Waals surface area contributed by atoms with Crippen LogP contribution in [-0.4, -0.2) is 22.1 Å². The van der Waals surface area contributed by atoms with Crippen molar-refractivity contribution in [2.75, 3.05) is 0 Å². The average molecular weight is 232 g/mol. The molecule has 5 nitrogen and oxygen atoms in total. The molecular formula is C12H8O5. The standard InChI is InChI=1S/C12H8O5/c13-6-4-5-9-12(10(6)15)17-8-3-1-2-7(14)11(8)16-9/h1-6,13-14H. The lowest BCUT2D eigenvalue weighted by atomic mass is 10.1. The Balaban J connectivity index is 2.08. The maximum atomic E-state index is 11.6. The summed E-state index contributed by atoms with van der Waals surface area (Å²) in [5.41, 5.74) is 0. The van der Waals surface area contributed by atoms with Crippen LogP contribution >= 0.6 is 0 Å². The molecule has 86 valence electrons. The van der Waals surface area contributed by atoms with Gasteiger partial charge in [0.25, 0.3) is 0 Å². The molecule has 2 N–H and O–H groups in total. The molecule has 1 aliphatic carbocycles. The first-order chi connectivity index (χ1) is 8.16. The van der Waals surface area contributed by atoms with Crippen molar-refractivity contribution in [3.8, 4) is 17.2 Å².